The standard InChI is InChI=1S/C30H33N5O2/c1-30(2,3)37-29(36)34-17-15-33(16-18-34)27-13-10-23(20-31-27)22-9-11-24-26(19-22)35-25(12-14-28(35)32-24)21-7-5-4-6-8-21/h4-11,13,19-20,25H,12,14-18H2,1-3H3/t25-/m1/s1. The van der Waals surface area contributed by atoms with Crippen LogP contribution in [-0.2, 0) is 11.2 Å². The summed E-state index contributed by atoms with van der Waals surface area (Å²) in [4.78, 5) is 26.1. The van der Waals surface area contributed by atoms with Crippen LogP contribution in [-0.4, -0.2) is 57.3 Å². The van der Waals surface area contributed by atoms with E-state index >= 15 is 0 Å². The molecule has 0 unspecified atom stereocenters. The van der Waals surface area contributed by atoms with Gasteiger partial charge in [0.15, 0.2) is 0 Å². The van der Waals surface area contributed by atoms with Gasteiger partial charge in [-0.1, -0.05) is 36.4 Å². The molecule has 1 atom stereocenters. The molecule has 2 aliphatic heterocycles. The van der Waals surface area contributed by atoms with Gasteiger partial charge >= 0.3 is 6.09 Å². The maximum Gasteiger partial charge on any atom is 0.410 e. The molecule has 1 saturated heterocycles. The number of fused-ring (bicyclic) bond motifs is 3. The summed E-state index contributed by atoms with van der Waals surface area (Å²) in [5, 5.41) is 0. The number of anilines is 1. The first-order valence-corrected chi connectivity index (χ1v) is 13.1. The molecular weight excluding hydrogens is 462 g/mol. The number of aryl methyl sites for hydroxylation is 1. The molecule has 7 nitrogen and oxygen atoms in total. The van der Waals surface area contributed by atoms with Gasteiger partial charge in [0.25, 0.3) is 0 Å². The zero-order chi connectivity index (χ0) is 25.6. The molecule has 0 aliphatic carbocycles. The zero-order valence-corrected chi connectivity index (χ0v) is 21.7. The molecule has 0 N–H and O–H groups in total. The van der Waals surface area contributed by atoms with Crippen LogP contribution in [0, 0.1) is 0 Å². The molecule has 37 heavy (non-hydrogen) atoms. The monoisotopic (exact) mass is 495 g/mol. The van der Waals surface area contributed by atoms with Crippen molar-refractivity contribution < 1.29 is 9.53 Å². The molecule has 2 aromatic heterocycles. The average molecular weight is 496 g/mol. The number of ether oxygens (including phenoxy) is 1. The van der Waals surface area contributed by atoms with E-state index in [1.54, 1.807) is 4.90 Å². The summed E-state index contributed by atoms with van der Waals surface area (Å²) in [6.07, 6.45) is 3.80. The minimum Gasteiger partial charge on any atom is -0.444 e. The minimum absolute atomic E-state index is 0.244. The Hall–Kier alpha value is -3.87. The van der Waals surface area contributed by atoms with Crippen LogP contribution >= 0.6 is 0 Å². The summed E-state index contributed by atoms with van der Waals surface area (Å²) >= 11 is 0. The maximum absolute atomic E-state index is 12.4. The number of hydrogen-bond donors (Lipinski definition) is 0. The summed E-state index contributed by atoms with van der Waals surface area (Å²) in [6.45, 7) is 8.42. The van der Waals surface area contributed by atoms with Crippen molar-refractivity contribution in [3.63, 3.8) is 0 Å². The molecule has 1 amide bonds. The summed E-state index contributed by atoms with van der Waals surface area (Å²) in [5.41, 5.74) is 5.32. The molecule has 0 radical (unpaired) electrons. The maximum atomic E-state index is 12.4. The number of rotatable bonds is 3. The number of piperazine rings is 1. The Balaban J connectivity index is 1.19. The molecule has 0 spiro atoms. The predicted molar refractivity (Wildman–Crippen MR) is 146 cm³/mol. The molecule has 7 heteroatoms. The van der Waals surface area contributed by atoms with Gasteiger partial charge in [0.1, 0.15) is 17.2 Å². The Morgan fingerprint density at radius 1 is 0.946 bits per heavy atom. The highest BCUT2D eigenvalue weighted by atomic mass is 16.6. The number of benzene rings is 2. The molecule has 4 heterocycles. The Labute approximate surface area is 217 Å². The molecule has 2 aliphatic rings. The molecule has 4 aromatic rings. The second kappa shape index (κ2) is 9.21. The van der Waals surface area contributed by atoms with Crippen LogP contribution in [0.15, 0.2) is 66.9 Å². The third kappa shape index (κ3) is 4.66. The van der Waals surface area contributed by atoms with Gasteiger partial charge in [0.05, 0.1) is 17.1 Å². The Kier molecular flexibility index (Phi) is 5.86. The first-order valence-electron chi connectivity index (χ1n) is 13.1. The van der Waals surface area contributed by atoms with E-state index in [0.29, 0.717) is 19.1 Å². The van der Waals surface area contributed by atoms with Crippen LogP contribution in [0.2, 0.25) is 0 Å². The van der Waals surface area contributed by atoms with Gasteiger partial charge in [-0.25, -0.2) is 14.8 Å². The van der Waals surface area contributed by atoms with E-state index in [9.17, 15) is 4.79 Å². The third-order valence-electron chi connectivity index (χ3n) is 7.24. The molecule has 0 bridgehead atoms. The normalized spacial score (nSPS) is 17.8. The van der Waals surface area contributed by atoms with E-state index in [1.807, 2.05) is 27.0 Å². The summed E-state index contributed by atoms with van der Waals surface area (Å²) in [5.74, 6) is 2.10. The van der Waals surface area contributed by atoms with Gasteiger partial charge in [-0.2, -0.15) is 0 Å². The van der Waals surface area contributed by atoms with Crippen molar-refractivity contribution in [3.8, 4) is 11.1 Å². The van der Waals surface area contributed by atoms with Crippen molar-refractivity contribution in [1.29, 1.82) is 0 Å². The minimum atomic E-state index is -0.478. The van der Waals surface area contributed by atoms with Crippen LogP contribution in [0.4, 0.5) is 10.6 Å². The lowest BCUT2D eigenvalue weighted by atomic mass is 10.0. The van der Waals surface area contributed by atoms with Gasteiger partial charge in [-0.3, -0.25) is 0 Å². The quantitative estimate of drug-likeness (QED) is 0.365. The van der Waals surface area contributed by atoms with Crippen LogP contribution in [0.1, 0.15) is 44.6 Å². The number of amides is 1. The van der Waals surface area contributed by atoms with Gasteiger partial charge in [-0.05, 0) is 62.6 Å². The van der Waals surface area contributed by atoms with Gasteiger partial charge < -0.3 is 19.1 Å². The first-order chi connectivity index (χ1) is 17.9. The molecule has 1 fully saturated rings. The van der Waals surface area contributed by atoms with Crippen LogP contribution in [0.3, 0.4) is 0 Å². The molecule has 0 saturated carbocycles. The third-order valence-corrected chi connectivity index (χ3v) is 7.24. The number of pyridine rings is 1. The van der Waals surface area contributed by atoms with Gasteiger partial charge in [0.2, 0.25) is 0 Å². The lowest BCUT2D eigenvalue weighted by molar-refractivity contribution is 0.0240. The van der Waals surface area contributed by atoms with Crippen molar-refractivity contribution in [2.24, 2.45) is 0 Å². The average Bonchev–Trinajstić information content (AvgIpc) is 3.48. The van der Waals surface area contributed by atoms with Crippen LogP contribution in [0.5, 0.6) is 0 Å². The summed E-state index contributed by atoms with van der Waals surface area (Å²) < 4.78 is 7.93. The highest BCUT2D eigenvalue weighted by molar-refractivity contribution is 5.83. The van der Waals surface area contributed by atoms with Crippen molar-refractivity contribution in [1.82, 2.24) is 19.4 Å². The smallest absolute Gasteiger partial charge is 0.410 e. The van der Waals surface area contributed by atoms with E-state index in [-0.39, 0.29) is 6.09 Å². The van der Waals surface area contributed by atoms with Crippen molar-refractivity contribution in [2.45, 2.75) is 45.3 Å². The van der Waals surface area contributed by atoms with Crippen LogP contribution in [0.25, 0.3) is 22.2 Å². The van der Waals surface area contributed by atoms with Crippen molar-refractivity contribution in [3.05, 3.63) is 78.2 Å². The molecule has 2 aromatic carbocycles. The van der Waals surface area contributed by atoms with Crippen molar-refractivity contribution in [2.75, 3.05) is 31.1 Å². The lowest BCUT2D eigenvalue weighted by Crippen LogP contribution is -2.50. The predicted octanol–water partition coefficient (Wildman–Crippen LogP) is 5.69. The first kappa shape index (κ1) is 23.5. The second-order valence-corrected chi connectivity index (χ2v) is 10.9. The van der Waals surface area contributed by atoms with E-state index in [2.05, 4.69) is 70.1 Å². The molecular formula is C30H33N5O2. The number of imidazole rings is 1. The fourth-order valence-electron chi connectivity index (χ4n) is 5.42. The van der Waals surface area contributed by atoms with E-state index in [4.69, 9.17) is 14.7 Å². The topological polar surface area (TPSA) is 63.5 Å². The highest BCUT2D eigenvalue weighted by Crippen LogP contribution is 2.36. The van der Waals surface area contributed by atoms with E-state index < -0.39 is 5.60 Å². The number of hydrogen-bond acceptors (Lipinski definition) is 5. The number of carbonyl (C=O) groups excluding carboxylic acids is 1. The van der Waals surface area contributed by atoms with E-state index in [1.165, 1.54) is 16.9 Å². The number of carbonyl (C=O) groups is 1. The fraction of sp³-hybridized carbons (Fsp3) is 0.367. The Bertz CT molecular complexity index is 1410. The van der Waals surface area contributed by atoms with Crippen LogP contribution < -0.4 is 4.90 Å². The highest BCUT2D eigenvalue weighted by Gasteiger charge is 2.28. The largest absolute Gasteiger partial charge is 0.444 e. The zero-order valence-electron chi connectivity index (χ0n) is 21.7. The number of nitrogens with zero attached hydrogens (tertiary/aromatic N) is 5. The number of aromatic nitrogens is 3. The van der Waals surface area contributed by atoms with Crippen molar-refractivity contribution >= 4 is 22.9 Å². The van der Waals surface area contributed by atoms with E-state index in [0.717, 1.165) is 48.4 Å². The SMILES string of the molecule is CC(C)(C)OC(=O)N1CCN(c2ccc(-c3ccc4nc5n(c4c3)[C@@H](c3ccccc3)CC5)cn2)CC1. The molecule has 6 rings (SSSR count). The fourth-order valence-corrected chi connectivity index (χ4v) is 5.42. The Morgan fingerprint density at radius 2 is 1.70 bits per heavy atom. The Morgan fingerprint density at radius 3 is 2.41 bits per heavy atom. The second-order valence-electron chi connectivity index (χ2n) is 10.9. The molecule has 190 valence electrons. The lowest BCUT2D eigenvalue weighted by Gasteiger charge is -2.36. The summed E-state index contributed by atoms with van der Waals surface area (Å²) in [7, 11) is 0. The summed E-state index contributed by atoms with van der Waals surface area (Å²) in [6, 6.07) is 21.8. The van der Waals surface area contributed by atoms with Gasteiger partial charge in [0, 0.05) is 44.4 Å². The van der Waals surface area contributed by atoms with Gasteiger partial charge in [-0.15, -0.1) is 0 Å².